The van der Waals surface area contributed by atoms with Crippen LogP contribution in [0.4, 0.5) is 4.79 Å². The van der Waals surface area contributed by atoms with Gasteiger partial charge in [-0.1, -0.05) is 12.1 Å². The summed E-state index contributed by atoms with van der Waals surface area (Å²) in [6.07, 6.45) is 1.61. The lowest BCUT2D eigenvalue weighted by Crippen LogP contribution is -2.22. The van der Waals surface area contributed by atoms with E-state index in [1.165, 1.54) is 7.05 Å². The van der Waals surface area contributed by atoms with Crippen LogP contribution >= 0.6 is 11.8 Å². The Kier molecular flexibility index (Phi) is 4.09. The molecule has 0 bridgehead atoms. The average molecular weight is 293 g/mol. The maximum Gasteiger partial charge on any atom is 0.341 e. The largest absolute Gasteiger partial charge is 0.482 e. The van der Waals surface area contributed by atoms with Gasteiger partial charge in [-0.15, -0.1) is 0 Å². The van der Waals surface area contributed by atoms with Crippen molar-refractivity contribution in [1.29, 1.82) is 0 Å². The molecule has 0 radical (unpaired) electrons. The molecule has 6 nitrogen and oxygen atoms in total. The van der Waals surface area contributed by atoms with Crippen LogP contribution in [0.1, 0.15) is 5.56 Å². The fourth-order valence-corrected chi connectivity index (χ4v) is 2.33. The van der Waals surface area contributed by atoms with Gasteiger partial charge in [0.2, 0.25) is 0 Å². The van der Waals surface area contributed by atoms with Gasteiger partial charge in [-0.3, -0.25) is 14.5 Å². The van der Waals surface area contributed by atoms with E-state index in [0.717, 1.165) is 22.2 Å². The number of aliphatic carboxylic acids is 1. The van der Waals surface area contributed by atoms with Crippen molar-refractivity contribution in [2.45, 2.75) is 0 Å². The number of nitrogens with zero attached hydrogens (tertiary/aromatic N) is 1. The molecule has 1 N–H and O–H groups in total. The van der Waals surface area contributed by atoms with E-state index < -0.39 is 12.6 Å². The van der Waals surface area contributed by atoms with Crippen LogP contribution < -0.4 is 4.74 Å². The van der Waals surface area contributed by atoms with Crippen molar-refractivity contribution in [3.05, 3.63) is 34.7 Å². The van der Waals surface area contributed by atoms with Gasteiger partial charge in [0, 0.05) is 7.05 Å². The number of benzene rings is 1. The first-order chi connectivity index (χ1) is 9.47. The summed E-state index contributed by atoms with van der Waals surface area (Å²) >= 11 is 0.885. The van der Waals surface area contributed by atoms with Crippen LogP contribution in [0.25, 0.3) is 6.08 Å². The smallest absolute Gasteiger partial charge is 0.341 e. The standard InChI is InChI=1S/C13H11NO5S/c1-14-12(17)10(20-13(14)18)6-8-2-4-9(5-3-8)19-7-11(15)16/h2-6H,7H2,1H3,(H,15,16)/b10-6+. The first-order valence-corrected chi connectivity index (χ1v) is 6.45. The highest BCUT2D eigenvalue weighted by atomic mass is 32.2. The van der Waals surface area contributed by atoms with Crippen molar-refractivity contribution in [1.82, 2.24) is 4.90 Å². The number of rotatable bonds is 4. The number of imide groups is 1. The van der Waals surface area contributed by atoms with Gasteiger partial charge in [0.25, 0.3) is 11.1 Å². The number of carboxylic acids is 1. The molecule has 1 aromatic rings. The quantitative estimate of drug-likeness (QED) is 0.852. The molecule has 0 saturated carbocycles. The van der Waals surface area contributed by atoms with Gasteiger partial charge in [0.15, 0.2) is 6.61 Å². The summed E-state index contributed by atoms with van der Waals surface area (Å²) in [7, 11) is 1.43. The van der Waals surface area contributed by atoms with Crippen LogP contribution in [0.15, 0.2) is 29.2 Å². The molecule has 0 spiro atoms. The van der Waals surface area contributed by atoms with Crippen LogP contribution in [0.5, 0.6) is 5.75 Å². The summed E-state index contributed by atoms with van der Waals surface area (Å²) in [6, 6.07) is 6.57. The minimum atomic E-state index is -1.05. The number of thioether (sulfide) groups is 1. The first-order valence-electron chi connectivity index (χ1n) is 5.63. The zero-order chi connectivity index (χ0) is 14.7. The molecule has 1 heterocycles. The normalized spacial score (nSPS) is 16.9. The molecule has 0 unspecified atom stereocenters. The molecule has 1 aliphatic rings. The molecule has 2 rings (SSSR count). The van der Waals surface area contributed by atoms with Crippen LogP contribution in [0.2, 0.25) is 0 Å². The zero-order valence-corrected chi connectivity index (χ0v) is 11.3. The minimum absolute atomic E-state index is 0.303. The predicted molar refractivity (Wildman–Crippen MR) is 73.3 cm³/mol. The molecule has 1 aromatic carbocycles. The summed E-state index contributed by atoms with van der Waals surface area (Å²) < 4.78 is 4.99. The van der Waals surface area contributed by atoms with Gasteiger partial charge in [-0.05, 0) is 35.5 Å². The second-order valence-electron chi connectivity index (χ2n) is 3.99. The SMILES string of the molecule is CN1C(=O)S/C(=C/c2ccc(OCC(=O)O)cc2)C1=O. The van der Waals surface area contributed by atoms with E-state index in [-0.39, 0.29) is 11.1 Å². The molecule has 0 atom stereocenters. The molecule has 7 heteroatoms. The van der Waals surface area contributed by atoms with Gasteiger partial charge < -0.3 is 9.84 Å². The van der Waals surface area contributed by atoms with Crippen molar-refractivity contribution < 1.29 is 24.2 Å². The molecule has 2 amide bonds. The lowest BCUT2D eigenvalue weighted by molar-refractivity contribution is -0.139. The summed E-state index contributed by atoms with van der Waals surface area (Å²) in [6.45, 7) is -0.409. The maximum atomic E-state index is 11.7. The zero-order valence-electron chi connectivity index (χ0n) is 10.5. The van der Waals surface area contributed by atoms with E-state index in [1.54, 1.807) is 30.3 Å². The Balaban J connectivity index is 2.09. The molecular weight excluding hydrogens is 282 g/mol. The van der Waals surface area contributed by atoms with E-state index in [9.17, 15) is 14.4 Å². The van der Waals surface area contributed by atoms with Gasteiger partial charge >= 0.3 is 5.97 Å². The minimum Gasteiger partial charge on any atom is -0.482 e. The molecule has 0 aromatic heterocycles. The molecule has 1 aliphatic heterocycles. The van der Waals surface area contributed by atoms with E-state index >= 15 is 0 Å². The Labute approximate surface area is 119 Å². The van der Waals surface area contributed by atoms with Gasteiger partial charge in [0.05, 0.1) is 4.91 Å². The highest BCUT2D eigenvalue weighted by Crippen LogP contribution is 2.31. The summed E-state index contributed by atoms with van der Waals surface area (Å²) in [5.74, 6) is -0.954. The van der Waals surface area contributed by atoms with Crippen molar-refractivity contribution >= 4 is 35.0 Å². The Morgan fingerprint density at radius 1 is 1.35 bits per heavy atom. The monoisotopic (exact) mass is 293 g/mol. The van der Waals surface area contributed by atoms with Gasteiger partial charge in [-0.25, -0.2) is 4.79 Å². The second kappa shape index (κ2) is 5.79. The molecule has 104 valence electrons. The average Bonchev–Trinajstić information content (AvgIpc) is 2.65. The topological polar surface area (TPSA) is 83.9 Å². The van der Waals surface area contributed by atoms with Crippen molar-refractivity contribution in [2.24, 2.45) is 0 Å². The van der Waals surface area contributed by atoms with Crippen LogP contribution in [0.3, 0.4) is 0 Å². The summed E-state index contributed by atoms with van der Waals surface area (Å²) in [5, 5.41) is 8.18. The number of hydrogen-bond acceptors (Lipinski definition) is 5. The maximum absolute atomic E-state index is 11.7. The summed E-state index contributed by atoms with van der Waals surface area (Å²) in [5.41, 5.74) is 0.728. The van der Waals surface area contributed by atoms with Crippen LogP contribution in [0, 0.1) is 0 Å². The van der Waals surface area contributed by atoms with Gasteiger partial charge in [-0.2, -0.15) is 0 Å². The highest BCUT2D eigenvalue weighted by molar-refractivity contribution is 8.18. The van der Waals surface area contributed by atoms with E-state index in [0.29, 0.717) is 10.7 Å². The summed E-state index contributed by atoms with van der Waals surface area (Å²) in [4.78, 5) is 34.8. The van der Waals surface area contributed by atoms with E-state index in [1.807, 2.05) is 0 Å². The first kappa shape index (κ1) is 14.1. The lowest BCUT2D eigenvalue weighted by atomic mass is 10.2. The van der Waals surface area contributed by atoms with Crippen LogP contribution in [-0.2, 0) is 9.59 Å². The number of carbonyl (C=O) groups is 3. The Morgan fingerprint density at radius 2 is 2.00 bits per heavy atom. The Hall–Kier alpha value is -2.28. The fourth-order valence-electron chi connectivity index (χ4n) is 1.50. The molecule has 20 heavy (non-hydrogen) atoms. The Bertz CT molecular complexity index is 593. The van der Waals surface area contributed by atoms with Crippen molar-refractivity contribution in [3.63, 3.8) is 0 Å². The molecular formula is C13H11NO5S. The number of amides is 2. The van der Waals surface area contributed by atoms with Crippen molar-refractivity contribution in [3.8, 4) is 5.75 Å². The fraction of sp³-hybridized carbons (Fsp3) is 0.154. The van der Waals surface area contributed by atoms with Gasteiger partial charge in [0.1, 0.15) is 5.75 Å². The molecule has 0 aliphatic carbocycles. The van der Waals surface area contributed by atoms with E-state index in [4.69, 9.17) is 9.84 Å². The highest BCUT2D eigenvalue weighted by Gasteiger charge is 2.31. The number of carboxylic acid groups (broad SMARTS) is 1. The lowest BCUT2D eigenvalue weighted by Gasteiger charge is -2.03. The third-order valence-electron chi connectivity index (χ3n) is 2.53. The van der Waals surface area contributed by atoms with Crippen molar-refractivity contribution in [2.75, 3.05) is 13.7 Å². The third-order valence-corrected chi connectivity index (χ3v) is 3.49. The third kappa shape index (κ3) is 3.18. The molecule has 1 saturated heterocycles. The number of carbonyl (C=O) groups excluding carboxylic acids is 2. The predicted octanol–water partition coefficient (Wildman–Crippen LogP) is 1.82. The Morgan fingerprint density at radius 3 is 2.50 bits per heavy atom. The van der Waals surface area contributed by atoms with E-state index in [2.05, 4.69) is 0 Å². The van der Waals surface area contributed by atoms with Crippen LogP contribution in [-0.4, -0.2) is 40.8 Å². The second-order valence-corrected chi connectivity index (χ2v) is 4.99. The number of ether oxygens (including phenoxy) is 1. The number of hydrogen-bond donors (Lipinski definition) is 1. The number of likely N-dealkylation sites (N-methyl/N-ethyl adjacent to an activating group) is 1. The molecule has 1 fully saturated rings.